The molecule has 0 spiro atoms. The molecular weight excluding hydrogens is 246 g/mol. The van der Waals surface area contributed by atoms with Crippen LogP contribution in [0.15, 0.2) is 18.2 Å². The van der Waals surface area contributed by atoms with Crippen molar-refractivity contribution in [2.45, 2.75) is 31.8 Å². The van der Waals surface area contributed by atoms with E-state index in [9.17, 15) is 9.59 Å². The van der Waals surface area contributed by atoms with E-state index in [-0.39, 0.29) is 11.9 Å². The molecule has 1 aliphatic carbocycles. The maximum Gasteiger partial charge on any atom is 0.248 e. The number of rotatable bonds is 4. The molecular formula is C14H17NO4. The van der Waals surface area contributed by atoms with Crippen molar-refractivity contribution in [3.8, 4) is 11.5 Å². The number of ketones is 1. The summed E-state index contributed by atoms with van der Waals surface area (Å²) in [5.41, 5.74) is 5.59. The number of primary amides is 1. The van der Waals surface area contributed by atoms with Gasteiger partial charge in [-0.2, -0.15) is 0 Å². The fraction of sp³-hybridized carbons (Fsp3) is 0.429. The van der Waals surface area contributed by atoms with Crippen LogP contribution in [0.2, 0.25) is 0 Å². The van der Waals surface area contributed by atoms with Gasteiger partial charge < -0.3 is 15.2 Å². The molecule has 1 saturated carbocycles. The highest BCUT2D eigenvalue weighted by Crippen LogP contribution is 2.26. The molecule has 0 heterocycles. The second-order valence-electron chi connectivity index (χ2n) is 4.64. The van der Waals surface area contributed by atoms with Gasteiger partial charge in [0.1, 0.15) is 23.4 Å². The summed E-state index contributed by atoms with van der Waals surface area (Å²) in [6.45, 7) is 0. The van der Waals surface area contributed by atoms with Crippen LogP contribution in [0.3, 0.4) is 0 Å². The zero-order valence-corrected chi connectivity index (χ0v) is 10.8. The van der Waals surface area contributed by atoms with Crippen LogP contribution >= 0.6 is 0 Å². The molecule has 2 N–H and O–H groups in total. The van der Waals surface area contributed by atoms with E-state index < -0.39 is 5.91 Å². The van der Waals surface area contributed by atoms with Crippen molar-refractivity contribution in [1.82, 2.24) is 0 Å². The summed E-state index contributed by atoms with van der Waals surface area (Å²) >= 11 is 0. The minimum atomic E-state index is -0.538. The van der Waals surface area contributed by atoms with Gasteiger partial charge in [0, 0.05) is 24.5 Å². The Kier molecular flexibility index (Phi) is 4.04. The molecule has 0 bridgehead atoms. The molecule has 1 aromatic carbocycles. The Bertz CT molecular complexity index is 498. The predicted octanol–water partition coefficient (Wildman–Crippen LogP) is 1.68. The number of hydrogen-bond acceptors (Lipinski definition) is 4. The lowest BCUT2D eigenvalue weighted by atomic mass is 9.96. The first-order valence-electron chi connectivity index (χ1n) is 6.25. The first-order valence-corrected chi connectivity index (χ1v) is 6.25. The average molecular weight is 263 g/mol. The second kappa shape index (κ2) is 5.73. The number of nitrogens with two attached hydrogens (primary N) is 1. The lowest BCUT2D eigenvalue weighted by molar-refractivity contribution is -0.122. The third-order valence-corrected chi connectivity index (χ3v) is 3.14. The molecule has 5 nitrogen and oxygen atoms in total. The Balaban J connectivity index is 2.16. The number of carbonyl (C=O) groups is 2. The molecule has 1 aromatic rings. The van der Waals surface area contributed by atoms with Gasteiger partial charge in [0.05, 0.1) is 7.11 Å². The van der Waals surface area contributed by atoms with E-state index in [1.165, 1.54) is 7.11 Å². The molecule has 102 valence electrons. The topological polar surface area (TPSA) is 78.6 Å². The fourth-order valence-electron chi connectivity index (χ4n) is 2.18. The van der Waals surface area contributed by atoms with Crippen molar-refractivity contribution in [2.24, 2.45) is 5.73 Å². The predicted molar refractivity (Wildman–Crippen MR) is 69.4 cm³/mol. The standard InChI is InChI=1S/C14H17NO4/c1-18-12-5-9(14(15)17)6-13(8-12)19-11-4-2-3-10(16)7-11/h5-6,8,11H,2-4,7H2,1H3,(H2,15,17). The van der Waals surface area contributed by atoms with E-state index in [1.54, 1.807) is 18.2 Å². The largest absolute Gasteiger partial charge is 0.497 e. The van der Waals surface area contributed by atoms with Crippen LogP contribution in [0, 0.1) is 0 Å². The van der Waals surface area contributed by atoms with Gasteiger partial charge in [0.2, 0.25) is 5.91 Å². The number of amides is 1. The Hall–Kier alpha value is -2.04. The monoisotopic (exact) mass is 263 g/mol. The molecule has 0 aliphatic heterocycles. The first-order chi connectivity index (χ1) is 9.08. The maximum absolute atomic E-state index is 11.4. The molecule has 1 fully saturated rings. The van der Waals surface area contributed by atoms with E-state index >= 15 is 0 Å². The number of carbonyl (C=O) groups excluding carboxylic acids is 2. The van der Waals surface area contributed by atoms with Crippen molar-refractivity contribution in [3.63, 3.8) is 0 Å². The Labute approximate surface area is 111 Å². The highest BCUT2D eigenvalue weighted by molar-refractivity contribution is 5.93. The third-order valence-electron chi connectivity index (χ3n) is 3.14. The van der Waals surface area contributed by atoms with Crippen LogP contribution < -0.4 is 15.2 Å². The van der Waals surface area contributed by atoms with Crippen LogP contribution in [-0.4, -0.2) is 24.9 Å². The Morgan fingerprint density at radius 2 is 2.05 bits per heavy atom. The van der Waals surface area contributed by atoms with E-state index in [4.69, 9.17) is 15.2 Å². The van der Waals surface area contributed by atoms with Crippen LogP contribution in [0.25, 0.3) is 0 Å². The molecule has 1 unspecified atom stereocenters. The van der Waals surface area contributed by atoms with E-state index in [0.29, 0.717) is 29.9 Å². The lowest BCUT2D eigenvalue weighted by Gasteiger charge is -2.22. The van der Waals surface area contributed by atoms with Crippen LogP contribution in [0.1, 0.15) is 36.0 Å². The lowest BCUT2D eigenvalue weighted by Crippen LogP contribution is -2.25. The Morgan fingerprint density at radius 3 is 2.68 bits per heavy atom. The molecule has 1 amide bonds. The average Bonchev–Trinajstić information content (AvgIpc) is 2.38. The SMILES string of the molecule is COc1cc(OC2CCCC(=O)C2)cc(C(N)=O)c1. The number of ether oxygens (including phenoxy) is 2. The fourth-order valence-corrected chi connectivity index (χ4v) is 2.18. The number of Topliss-reactive ketones (excluding diaryl/α,β-unsaturated/α-hetero) is 1. The van der Waals surface area contributed by atoms with Gasteiger partial charge in [-0.1, -0.05) is 0 Å². The van der Waals surface area contributed by atoms with E-state index in [1.807, 2.05) is 0 Å². The maximum atomic E-state index is 11.4. The summed E-state index contributed by atoms with van der Waals surface area (Å²) in [6, 6.07) is 4.82. The summed E-state index contributed by atoms with van der Waals surface area (Å²) in [4.78, 5) is 22.6. The molecule has 5 heteroatoms. The molecule has 1 aliphatic rings. The van der Waals surface area contributed by atoms with Gasteiger partial charge >= 0.3 is 0 Å². The van der Waals surface area contributed by atoms with Gasteiger partial charge in [-0.05, 0) is 25.0 Å². The normalized spacial score (nSPS) is 19.0. The van der Waals surface area contributed by atoms with E-state index in [2.05, 4.69) is 0 Å². The highest BCUT2D eigenvalue weighted by atomic mass is 16.5. The zero-order valence-electron chi connectivity index (χ0n) is 10.8. The van der Waals surface area contributed by atoms with E-state index in [0.717, 1.165) is 12.8 Å². The summed E-state index contributed by atoms with van der Waals surface area (Å²) in [7, 11) is 1.51. The minimum absolute atomic E-state index is 0.130. The number of methoxy groups -OCH3 is 1. The zero-order chi connectivity index (χ0) is 13.8. The van der Waals surface area contributed by atoms with Crippen LogP contribution in [-0.2, 0) is 4.79 Å². The summed E-state index contributed by atoms with van der Waals surface area (Å²) in [6.07, 6.45) is 2.60. The van der Waals surface area contributed by atoms with Crippen molar-refractivity contribution in [3.05, 3.63) is 23.8 Å². The van der Waals surface area contributed by atoms with Gasteiger partial charge in [0.15, 0.2) is 0 Å². The Morgan fingerprint density at radius 1 is 1.32 bits per heavy atom. The van der Waals surface area contributed by atoms with Crippen molar-refractivity contribution in [1.29, 1.82) is 0 Å². The van der Waals surface area contributed by atoms with Crippen LogP contribution in [0.4, 0.5) is 0 Å². The molecule has 19 heavy (non-hydrogen) atoms. The van der Waals surface area contributed by atoms with Gasteiger partial charge in [-0.3, -0.25) is 9.59 Å². The molecule has 0 radical (unpaired) electrons. The summed E-state index contributed by atoms with van der Waals surface area (Å²) in [5.74, 6) is 0.694. The molecule has 1 atom stereocenters. The van der Waals surface area contributed by atoms with Gasteiger partial charge in [-0.15, -0.1) is 0 Å². The summed E-state index contributed by atoms with van der Waals surface area (Å²) in [5, 5.41) is 0. The first kappa shape index (κ1) is 13.4. The van der Waals surface area contributed by atoms with Crippen molar-refractivity contribution >= 4 is 11.7 Å². The third kappa shape index (κ3) is 3.47. The molecule has 2 rings (SSSR count). The molecule has 0 saturated heterocycles. The number of benzene rings is 1. The quantitative estimate of drug-likeness (QED) is 0.896. The van der Waals surface area contributed by atoms with Gasteiger partial charge in [-0.25, -0.2) is 0 Å². The van der Waals surface area contributed by atoms with Crippen molar-refractivity contribution < 1.29 is 19.1 Å². The van der Waals surface area contributed by atoms with Crippen molar-refractivity contribution in [2.75, 3.05) is 7.11 Å². The highest BCUT2D eigenvalue weighted by Gasteiger charge is 2.21. The number of hydrogen-bond donors (Lipinski definition) is 1. The van der Waals surface area contributed by atoms with Crippen LogP contribution in [0.5, 0.6) is 11.5 Å². The van der Waals surface area contributed by atoms with Gasteiger partial charge in [0.25, 0.3) is 0 Å². The second-order valence-corrected chi connectivity index (χ2v) is 4.64. The smallest absolute Gasteiger partial charge is 0.248 e. The summed E-state index contributed by atoms with van der Waals surface area (Å²) < 4.78 is 10.9. The molecule has 0 aromatic heterocycles. The minimum Gasteiger partial charge on any atom is -0.497 e.